The van der Waals surface area contributed by atoms with Crippen molar-refractivity contribution in [3.8, 4) is 5.69 Å². The highest BCUT2D eigenvalue weighted by Crippen LogP contribution is 2.24. The standard InChI is InChI=1S/C24H17FN4O2S/c1-15-6-11-21-26-17(12-22(30)28(21)13-15)14-32-24-27-20-5-3-2-4-19(20)23(31)29(24)18-9-7-16(25)8-10-18/h2-13H,14H2,1H3. The van der Waals surface area contributed by atoms with E-state index in [1.165, 1.54) is 38.9 Å². The molecule has 0 spiro atoms. The molecule has 158 valence electrons. The number of hydrogen-bond acceptors (Lipinski definition) is 5. The van der Waals surface area contributed by atoms with Gasteiger partial charge in [0, 0.05) is 18.0 Å². The highest BCUT2D eigenvalue weighted by atomic mass is 32.2. The zero-order valence-corrected chi connectivity index (χ0v) is 17.8. The Morgan fingerprint density at radius 2 is 1.75 bits per heavy atom. The molecule has 3 aromatic heterocycles. The third kappa shape index (κ3) is 3.69. The van der Waals surface area contributed by atoms with Gasteiger partial charge in [-0.15, -0.1) is 0 Å². The molecule has 0 aliphatic rings. The number of fused-ring (bicyclic) bond motifs is 2. The summed E-state index contributed by atoms with van der Waals surface area (Å²) < 4.78 is 16.4. The van der Waals surface area contributed by atoms with E-state index < -0.39 is 0 Å². The molecule has 2 aromatic carbocycles. The predicted octanol–water partition coefficient (Wildman–Crippen LogP) is 4.13. The zero-order chi connectivity index (χ0) is 22.2. The number of aromatic nitrogens is 4. The van der Waals surface area contributed by atoms with E-state index in [1.807, 2.05) is 19.1 Å². The largest absolute Gasteiger partial charge is 0.269 e. The van der Waals surface area contributed by atoms with Crippen molar-refractivity contribution < 1.29 is 4.39 Å². The van der Waals surface area contributed by atoms with Crippen molar-refractivity contribution in [2.24, 2.45) is 0 Å². The normalized spacial score (nSPS) is 11.3. The Balaban J connectivity index is 1.59. The van der Waals surface area contributed by atoms with Crippen molar-refractivity contribution in [1.82, 2.24) is 18.9 Å². The first kappa shape index (κ1) is 20.1. The van der Waals surface area contributed by atoms with E-state index in [0.29, 0.717) is 38.8 Å². The van der Waals surface area contributed by atoms with Gasteiger partial charge in [-0.3, -0.25) is 18.6 Å². The van der Waals surface area contributed by atoms with Crippen LogP contribution in [0.25, 0.3) is 22.2 Å². The van der Waals surface area contributed by atoms with Gasteiger partial charge < -0.3 is 0 Å². The SMILES string of the molecule is Cc1ccc2nc(CSc3nc4ccccc4c(=O)n3-c3ccc(F)cc3)cc(=O)n2c1. The minimum absolute atomic E-state index is 0.170. The Bertz CT molecular complexity index is 1590. The molecule has 32 heavy (non-hydrogen) atoms. The number of halogens is 1. The van der Waals surface area contributed by atoms with Gasteiger partial charge in [-0.25, -0.2) is 14.4 Å². The summed E-state index contributed by atoms with van der Waals surface area (Å²) in [7, 11) is 0. The predicted molar refractivity (Wildman–Crippen MR) is 123 cm³/mol. The molecule has 0 saturated carbocycles. The maximum Gasteiger partial charge on any atom is 0.266 e. The summed E-state index contributed by atoms with van der Waals surface area (Å²) in [6, 6.07) is 18.0. The molecule has 0 aliphatic heterocycles. The van der Waals surface area contributed by atoms with E-state index in [0.717, 1.165) is 5.56 Å². The van der Waals surface area contributed by atoms with Crippen molar-refractivity contribution in [2.45, 2.75) is 17.8 Å². The lowest BCUT2D eigenvalue weighted by molar-refractivity contribution is 0.627. The summed E-state index contributed by atoms with van der Waals surface area (Å²) in [5, 5.41) is 0.907. The van der Waals surface area contributed by atoms with Gasteiger partial charge in [-0.05, 0) is 55.0 Å². The number of para-hydroxylation sites is 1. The fourth-order valence-corrected chi connectivity index (χ4v) is 4.40. The molecule has 5 aromatic rings. The minimum atomic E-state index is -0.388. The van der Waals surface area contributed by atoms with Crippen LogP contribution in [0.2, 0.25) is 0 Å². The van der Waals surface area contributed by atoms with Crippen LogP contribution in [-0.2, 0) is 5.75 Å². The lowest BCUT2D eigenvalue weighted by atomic mass is 10.2. The number of nitrogens with zero attached hydrogens (tertiary/aromatic N) is 4. The fourth-order valence-electron chi connectivity index (χ4n) is 3.50. The summed E-state index contributed by atoms with van der Waals surface area (Å²) >= 11 is 1.30. The second kappa shape index (κ2) is 8.05. The minimum Gasteiger partial charge on any atom is -0.269 e. The second-order valence-electron chi connectivity index (χ2n) is 7.34. The molecule has 0 bridgehead atoms. The van der Waals surface area contributed by atoms with Crippen LogP contribution in [0.15, 0.2) is 87.7 Å². The molecule has 0 aliphatic carbocycles. The van der Waals surface area contributed by atoms with Gasteiger partial charge in [0.25, 0.3) is 11.1 Å². The van der Waals surface area contributed by atoms with E-state index >= 15 is 0 Å². The first-order valence-electron chi connectivity index (χ1n) is 9.89. The van der Waals surface area contributed by atoms with Gasteiger partial charge in [0.1, 0.15) is 11.5 Å². The third-order valence-electron chi connectivity index (χ3n) is 5.04. The number of rotatable bonds is 4. The van der Waals surface area contributed by atoms with Crippen LogP contribution < -0.4 is 11.1 Å². The molecule has 0 fully saturated rings. The van der Waals surface area contributed by atoms with Crippen molar-refractivity contribution in [1.29, 1.82) is 0 Å². The van der Waals surface area contributed by atoms with Gasteiger partial charge in [0.2, 0.25) is 0 Å². The Hall–Kier alpha value is -3.78. The van der Waals surface area contributed by atoms with E-state index in [1.54, 1.807) is 42.6 Å². The molecule has 6 nitrogen and oxygen atoms in total. The maximum absolute atomic E-state index is 13.5. The third-order valence-corrected chi connectivity index (χ3v) is 6.01. The second-order valence-corrected chi connectivity index (χ2v) is 8.28. The summed E-state index contributed by atoms with van der Waals surface area (Å²) in [5.41, 5.74) is 2.77. The van der Waals surface area contributed by atoms with Crippen LogP contribution in [0, 0.1) is 12.7 Å². The summed E-state index contributed by atoms with van der Waals surface area (Å²) in [5.74, 6) is -0.0492. The Morgan fingerprint density at radius 3 is 2.56 bits per heavy atom. The van der Waals surface area contributed by atoms with Crippen LogP contribution in [0.4, 0.5) is 4.39 Å². The first-order valence-corrected chi connectivity index (χ1v) is 10.9. The van der Waals surface area contributed by atoms with E-state index in [4.69, 9.17) is 0 Å². The zero-order valence-electron chi connectivity index (χ0n) is 17.0. The van der Waals surface area contributed by atoms with Gasteiger partial charge in [-0.2, -0.15) is 0 Å². The van der Waals surface area contributed by atoms with E-state index in [9.17, 15) is 14.0 Å². The number of hydrogen-bond donors (Lipinski definition) is 0. The molecule has 0 amide bonds. The van der Waals surface area contributed by atoms with Gasteiger partial charge >= 0.3 is 0 Å². The molecule has 5 rings (SSSR count). The molecular weight excluding hydrogens is 427 g/mol. The number of aryl methyl sites for hydroxylation is 1. The highest BCUT2D eigenvalue weighted by Gasteiger charge is 2.14. The average Bonchev–Trinajstić information content (AvgIpc) is 2.79. The molecule has 0 unspecified atom stereocenters. The van der Waals surface area contributed by atoms with Crippen LogP contribution in [0.5, 0.6) is 0 Å². The molecule has 0 N–H and O–H groups in total. The number of thioether (sulfide) groups is 1. The molecule has 0 saturated heterocycles. The molecule has 8 heteroatoms. The van der Waals surface area contributed by atoms with Crippen molar-refractivity contribution >= 4 is 28.3 Å². The van der Waals surface area contributed by atoms with Gasteiger partial charge in [0.15, 0.2) is 5.16 Å². The van der Waals surface area contributed by atoms with Crippen LogP contribution >= 0.6 is 11.8 Å². The Morgan fingerprint density at radius 1 is 0.969 bits per heavy atom. The topological polar surface area (TPSA) is 69.3 Å². The van der Waals surface area contributed by atoms with Crippen molar-refractivity contribution in [3.63, 3.8) is 0 Å². The number of benzene rings is 2. The lowest BCUT2D eigenvalue weighted by Gasteiger charge is -2.13. The molecule has 3 heterocycles. The molecule has 0 radical (unpaired) electrons. The lowest BCUT2D eigenvalue weighted by Crippen LogP contribution is -2.22. The highest BCUT2D eigenvalue weighted by molar-refractivity contribution is 7.98. The van der Waals surface area contributed by atoms with Crippen LogP contribution in [0.1, 0.15) is 11.3 Å². The Kier molecular flexibility index (Phi) is 5.07. The maximum atomic E-state index is 13.5. The molecule has 0 atom stereocenters. The average molecular weight is 444 g/mol. The monoisotopic (exact) mass is 444 g/mol. The number of pyridine rings is 1. The van der Waals surface area contributed by atoms with Gasteiger partial charge in [-0.1, -0.05) is 30.0 Å². The van der Waals surface area contributed by atoms with E-state index in [2.05, 4.69) is 9.97 Å². The van der Waals surface area contributed by atoms with Crippen molar-refractivity contribution in [3.05, 3.63) is 111 Å². The molecular formula is C24H17FN4O2S. The van der Waals surface area contributed by atoms with E-state index in [-0.39, 0.29) is 16.9 Å². The first-order chi connectivity index (χ1) is 15.5. The van der Waals surface area contributed by atoms with Crippen LogP contribution in [-0.4, -0.2) is 18.9 Å². The van der Waals surface area contributed by atoms with Gasteiger partial charge in [0.05, 0.1) is 22.3 Å². The quantitative estimate of drug-likeness (QED) is 0.308. The fraction of sp³-hybridized carbons (Fsp3) is 0.0833. The summed E-state index contributed by atoms with van der Waals surface area (Å²) in [4.78, 5) is 35.0. The summed E-state index contributed by atoms with van der Waals surface area (Å²) in [6.45, 7) is 1.91. The van der Waals surface area contributed by atoms with Crippen molar-refractivity contribution in [2.75, 3.05) is 0 Å². The smallest absolute Gasteiger partial charge is 0.266 e. The Labute approximate surface area is 186 Å². The van der Waals surface area contributed by atoms with Crippen LogP contribution in [0.3, 0.4) is 0 Å². The summed E-state index contributed by atoms with van der Waals surface area (Å²) in [6.07, 6.45) is 1.75.